The van der Waals surface area contributed by atoms with Crippen LogP contribution in [-0.2, 0) is 27.2 Å². The molecule has 4 rings (SSSR count). The van der Waals surface area contributed by atoms with Gasteiger partial charge in [0.25, 0.3) is 0 Å². The molecule has 0 saturated carbocycles. The fraction of sp³-hybridized carbons (Fsp3) is 0.333. The quantitative estimate of drug-likeness (QED) is 0.228. The Morgan fingerprint density at radius 1 is 0.974 bits per heavy atom. The van der Waals surface area contributed by atoms with Gasteiger partial charge < -0.3 is 9.64 Å². The first-order chi connectivity index (χ1) is 18.3. The van der Waals surface area contributed by atoms with Crippen molar-refractivity contribution in [3.05, 3.63) is 71.1 Å². The van der Waals surface area contributed by atoms with Gasteiger partial charge in [-0.15, -0.1) is 11.3 Å². The van der Waals surface area contributed by atoms with Crippen LogP contribution in [0.15, 0.2) is 49.6 Å². The lowest BCUT2D eigenvalue weighted by atomic mass is 10.1. The number of hydrogen-bond acceptors (Lipinski definition) is 7. The minimum Gasteiger partial charge on any atom is -0.495 e. The van der Waals surface area contributed by atoms with Crippen LogP contribution >= 0.6 is 11.3 Å². The summed E-state index contributed by atoms with van der Waals surface area (Å²) in [5.74, 6) is 0.747. The van der Waals surface area contributed by atoms with Gasteiger partial charge in [0.15, 0.2) is 0 Å². The van der Waals surface area contributed by atoms with Gasteiger partial charge in [-0.05, 0) is 31.0 Å². The Balaban J connectivity index is 1.58. The predicted octanol–water partition coefficient (Wildman–Crippen LogP) is 3.01. The SMILES string of the molecule is COc1cc(NNc2sc(C#N)c(C)c2C#N)c(C)cc1N(CCn1cc[n+](C)c1)CCn1cc[n+](C)c1. The molecule has 0 atom stereocenters. The summed E-state index contributed by atoms with van der Waals surface area (Å²) in [6.45, 7) is 7.10. The summed E-state index contributed by atoms with van der Waals surface area (Å²) >= 11 is 1.26. The van der Waals surface area contributed by atoms with Crippen LogP contribution in [0.3, 0.4) is 0 Å². The molecule has 0 saturated heterocycles. The van der Waals surface area contributed by atoms with Crippen molar-refractivity contribution >= 4 is 27.7 Å². The van der Waals surface area contributed by atoms with Gasteiger partial charge in [-0.25, -0.2) is 18.3 Å². The molecule has 0 spiro atoms. The van der Waals surface area contributed by atoms with Gasteiger partial charge in [0.1, 0.15) is 65.6 Å². The molecule has 196 valence electrons. The lowest BCUT2D eigenvalue weighted by Gasteiger charge is -2.26. The molecule has 3 heterocycles. The highest BCUT2D eigenvalue weighted by Crippen LogP contribution is 2.36. The molecule has 11 heteroatoms. The molecule has 38 heavy (non-hydrogen) atoms. The Hall–Kier alpha value is -4.48. The fourth-order valence-electron chi connectivity index (χ4n) is 4.28. The van der Waals surface area contributed by atoms with Gasteiger partial charge >= 0.3 is 0 Å². The van der Waals surface area contributed by atoms with E-state index in [9.17, 15) is 10.5 Å². The van der Waals surface area contributed by atoms with Crippen molar-refractivity contribution in [3.8, 4) is 17.9 Å². The summed E-state index contributed by atoms with van der Waals surface area (Å²) in [5, 5.41) is 19.5. The van der Waals surface area contributed by atoms with E-state index < -0.39 is 0 Å². The van der Waals surface area contributed by atoms with Crippen LogP contribution in [-0.4, -0.2) is 29.3 Å². The minimum atomic E-state index is 0.475. The third kappa shape index (κ3) is 5.90. The number of imidazole rings is 2. The molecule has 0 unspecified atom stereocenters. The second-order valence-electron chi connectivity index (χ2n) is 9.19. The molecule has 10 nitrogen and oxygen atoms in total. The van der Waals surface area contributed by atoms with E-state index in [0.29, 0.717) is 21.0 Å². The molecule has 0 amide bonds. The summed E-state index contributed by atoms with van der Waals surface area (Å²) in [6.07, 6.45) is 12.4. The van der Waals surface area contributed by atoms with Crippen molar-refractivity contribution in [1.82, 2.24) is 9.13 Å². The first-order valence-corrected chi connectivity index (χ1v) is 13.1. The predicted molar refractivity (Wildman–Crippen MR) is 147 cm³/mol. The smallest absolute Gasteiger partial charge is 0.243 e. The van der Waals surface area contributed by atoms with E-state index in [2.05, 4.69) is 68.1 Å². The lowest BCUT2D eigenvalue weighted by Crippen LogP contribution is -2.32. The molecular weight excluding hydrogens is 498 g/mol. The first kappa shape index (κ1) is 26.6. The largest absolute Gasteiger partial charge is 0.495 e. The van der Waals surface area contributed by atoms with Gasteiger partial charge in [0.2, 0.25) is 12.7 Å². The molecule has 0 aliphatic heterocycles. The number of aryl methyl sites for hydroxylation is 3. The average Bonchev–Trinajstić information content (AvgIpc) is 3.61. The average molecular weight is 532 g/mol. The number of aromatic nitrogens is 4. The Kier molecular flexibility index (Phi) is 8.19. The number of rotatable bonds is 11. The summed E-state index contributed by atoms with van der Waals surface area (Å²) in [7, 11) is 5.71. The van der Waals surface area contributed by atoms with E-state index in [1.165, 1.54) is 11.3 Å². The second-order valence-corrected chi connectivity index (χ2v) is 10.2. The maximum Gasteiger partial charge on any atom is 0.243 e. The number of ether oxygens (including phenoxy) is 1. The normalized spacial score (nSPS) is 10.6. The number of thiophene rings is 1. The van der Waals surface area contributed by atoms with Crippen LogP contribution in [0, 0.1) is 36.5 Å². The van der Waals surface area contributed by atoms with Gasteiger partial charge in [-0.2, -0.15) is 10.5 Å². The maximum atomic E-state index is 9.56. The Labute approximate surface area is 227 Å². The van der Waals surface area contributed by atoms with Crippen molar-refractivity contribution in [2.75, 3.05) is 36.0 Å². The van der Waals surface area contributed by atoms with Gasteiger partial charge in [0, 0.05) is 6.07 Å². The number of nitriles is 2. The van der Waals surface area contributed by atoms with E-state index in [0.717, 1.165) is 48.9 Å². The van der Waals surface area contributed by atoms with Crippen LogP contribution in [0.1, 0.15) is 21.6 Å². The molecule has 0 radical (unpaired) electrons. The highest BCUT2D eigenvalue weighted by Gasteiger charge is 2.19. The number of benzene rings is 1. The van der Waals surface area contributed by atoms with E-state index in [4.69, 9.17) is 4.74 Å². The third-order valence-corrected chi connectivity index (χ3v) is 7.55. The lowest BCUT2D eigenvalue weighted by molar-refractivity contribution is -0.671. The molecule has 0 fully saturated rings. The first-order valence-electron chi connectivity index (χ1n) is 12.2. The summed E-state index contributed by atoms with van der Waals surface area (Å²) in [5.41, 5.74) is 10.4. The molecule has 1 aromatic carbocycles. The Morgan fingerprint density at radius 2 is 1.61 bits per heavy atom. The topological polar surface area (TPSA) is 102 Å². The van der Waals surface area contributed by atoms with Crippen molar-refractivity contribution < 1.29 is 13.9 Å². The number of nitrogens with one attached hydrogen (secondary N) is 2. The number of nitrogens with zero attached hydrogens (tertiary/aromatic N) is 7. The van der Waals surface area contributed by atoms with Crippen LogP contribution in [0.4, 0.5) is 16.4 Å². The van der Waals surface area contributed by atoms with Crippen molar-refractivity contribution in [3.63, 3.8) is 0 Å². The van der Waals surface area contributed by atoms with Crippen molar-refractivity contribution in [1.29, 1.82) is 10.5 Å². The summed E-state index contributed by atoms with van der Waals surface area (Å²) in [6, 6.07) is 8.44. The summed E-state index contributed by atoms with van der Waals surface area (Å²) < 4.78 is 14.3. The van der Waals surface area contributed by atoms with E-state index in [1.807, 2.05) is 48.6 Å². The minimum absolute atomic E-state index is 0.475. The summed E-state index contributed by atoms with van der Waals surface area (Å²) in [4.78, 5) is 2.87. The number of hydrazine groups is 1. The standard InChI is InChI=1S/C27H33N9OS/c1-20-14-24(25(37-5)15-23(20)30-31-27-22(16-28)21(2)26(17-29)38-27)36(12-10-34-8-6-32(3)18-34)13-11-35-9-7-33(4)19-35/h6-9,14-15,18-19,30-31H,10-13H2,1-5H3/q+2. The Bertz CT molecular complexity index is 1460. The third-order valence-electron chi connectivity index (χ3n) is 6.44. The second kappa shape index (κ2) is 11.7. The van der Waals surface area contributed by atoms with Crippen LogP contribution in [0.2, 0.25) is 0 Å². The molecular formula is C27H33N9OS+2. The molecule has 3 aromatic heterocycles. The van der Waals surface area contributed by atoms with Crippen molar-refractivity contribution in [2.45, 2.75) is 26.9 Å². The molecule has 0 aliphatic rings. The molecule has 4 aromatic rings. The fourth-order valence-corrected chi connectivity index (χ4v) is 5.19. The van der Waals surface area contributed by atoms with E-state index in [1.54, 1.807) is 14.0 Å². The highest BCUT2D eigenvalue weighted by atomic mass is 32.1. The van der Waals surface area contributed by atoms with Crippen LogP contribution < -0.4 is 29.6 Å². The number of methoxy groups -OCH3 is 1. The van der Waals surface area contributed by atoms with Crippen molar-refractivity contribution in [2.24, 2.45) is 14.1 Å². The molecule has 2 N–H and O–H groups in total. The molecule has 0 aliphatic carbocycles. The zero-order chi connectivity index (χ0) is 27.2. The zero-order valence-corrected chi connectivity index (χ0v) is 23.2. The maximum absolute atomic E-state index is 9.56. The highest BCUT2D eigenvalue weighted by molar-refractivity contribution is 7.17. The molecule has 0 bridgehead atoms. The van der Waals surface area contributed by atoms with E-state index in [-0.39, 0.29) is 0 Å². The number of hydrogen-bond donors (Lipinski definition) is 2. The van der Waals surface area contributed by atoms with Gasteiger partial charge in [-0.3, -0.25) is 10.9 Å². The van der Waals surface area contributed by atoms with Gasteiger partial charge in [0.05, 0.1) is 51.2 Å². The van der Waals surface area contributed by atoms with Gasteiger partial charge in [-0.1, -0.05) is 0 Å². The monoisotopic (exact) mass is 531 g/mol. The zero-order valence-electron chi connectivity index (χ0n) is 22.4. The Morgan fingerprint density at radius 3 is 2.11 bits per heavy atom. The van der Waals surface area contributed by atoms with Crippen LogP contribution in [0.5, 0.6) is 5.75 Å². The van der Waals surface area contributed by atoms with E-state index >= 15 is 0 Å². The van der Waals surface area contributed by atoms with Crippen LogP contribution in [0.25, 0.3) is 0 Å². The number of anilines is 3.